The van der Waals surface area contributed by atoms with Gasteiger partial charge in [-0.1, -0.05) is 17.7 Å². The molecule has 70 valence electrons. The van der Waals surface area contributed by atoms with Crippen LogP contribution in [-0.2, 0) is 4.79 Å². The fraction of sp³-hybridized carbons (Fsp3) is 0.222. The van der Waals surface area contributed by atoms with Gasteiger partial charge in [-0.2, -0.15) is 0 Å². The fourth-order valence-electron chi connectivity index (χ4n) is 1.12. The highest BCUT2D eigenvalue weighted by Crippen LogP contribution is 2.19. The smallest absolute Gasteiger partial charge is 0.325 e. The molecular formula is C9H10ClNO2. The molecule has 0 bridgehead atoms. The van der Waals surface area contributed by atoms with Gasteiger partial charge in [0.2, 0.25) is 0 Å². The average Bonchev–Trinajstić information content (AvgIpc) is 2.03. The fourth-order valence-corrected chi connectivity index (χ4v) is 1.35. The standard InChI is InChI=1S/C9H10ClNO2/c1-5-4-6(10)2-3-7(5)8(11)9(12)13/h2-4,8H,11H2,1H3,(H,12,13)/t8-/m1/s1. The predicted octanol–water partition coefficient (Wildman–Crippen LogP) is 1.73. The van der Waals surface area contributed by atoms with Gasteiger partial charge in [0.15, 0.2) is 0 Å². The molecule has 0 aliphatic rings. The van der Waals surface area contributed by atoms with Crippen molar-refractivity contribution in [2.45, 2.75) is 13.0 Å². The highest BCUT2D eigenvalue weighted by Gasteiger charge is 2.15. The molecule has 13 heavy (non-hydrogen) atoms. The van der Waals surface area contributed by atoms with E-state index in [0.29, 0.717) is 10.6 Å². The Morgan fingerprint density at radius 2 is 2.23 bits per heavy atom. The summed E-state index contributed by atoms with van der Waals surface area (Å²) >= 11 is 5.71. The molecule has 0 aliphatic carbocycles. The molecule has 0 heterocycles. The normalized spacial score (nSPS) is 12.5. The van der Waals surface area contributed by atoms with Crippen molar-refractivity contribution in [2.24, 2.45) is 5.73 Å². The van der Waals surface area contributed by atoms with E-state index in [9.17, 15) is 4.79 Å². The van der Waals surface area contributed by atoms with Crippen LogP contribution in [0.15, 0.2) is 18.2 Å². The van der Waals surface area contributed by atoms with Crippen LogP contribution >= 0.6 is 11.6 Å². The number of benzene rings is 1. The molecule has 0 saturated carbocycles. The summed E-state index contributed by atoms with van der Waals surface area (Å²) in [6.07, 6.45) is 0. The van der Waals surface area contributed by atoms with E-state index in [1.165, 1.54) is 0 Å². The molecule has 1 atom stereocenters. The van der Waals surface area contributed by atoms with Crippen molar-refractivity contribution in [3.63, 3.8) is 0 Å². The van der Waals surface area contributed by atoms with Gasteiger partial charge >= 0.3 is 5.97 Å². The van der Waals surface area contributed by atoms with E-state index in [0.717, 1.165) is 5.56 Å². The molecule has 0 unspecified atom stereocenters. The van der Waals surface area contributed by atoms with Crippen LogP contribution < -0.4 is 5.73 Å². The quantitative estimate of drug-likeness (QED) is 0.763. The highest BCUT2D eigenvalue weighted by molar-refractivity contribution is 6.30. The number of hydrogen-bond donors (Lipinski definition) is 2. The van der Waals surface area contributed by atoms with E-state index in [4.69, 9.17) is 22.4 Å². The molecule has 0 spiro atoms. The van der Waals surface area contributed by atoms with Crippen molar-refractivity contribution in [1.82, 2.24) is 0 Å². The number of halogens is 1. The maximum atomic E-state index is 10.6. The molecule has 4 heteroatoms. The predicted molar refractivity (Wildman–Crippen MR) is 50.8 cm³/mol. The Morgan fingerprint density at radius 3 is 2.69 bits per heavy atom. The van der Waals surface area contributed by atoms with E-state index >= 15 is 0 Å². The van der Waals surface area contributed by atoms with Crippen molar-refractivity contribution < 1.29 is 9.90 Å². The van der Waals surface area contributed by atoms with Crippen molar-refractivity contribution in [1.29, 1.82) is 0 Å². The summed E-state index contributed by atoms with van der Waals surface area (Å²) in [5.74, 6) is -1.04. The van der Waals surface area contributed by atoms with E-state index in [2.05, 4.69) is 0 Å². The second kappa shape index (κ2) is 3.77. The molecule has 3 N–H and O–H groups in total. The molecule has 0 radical (unpaired) electrons. The number of hydrogen-bond acceptors (Lipinski definition) is 2. The number of aliphatic carboxylic acids is 1. The Labute approximate surface area is 81.1 Å². The van der Waals surface area contributed by atoms with Gasteiger partial charge in [-0.25, -0.2) is 0 Å². The van der Waals surface area contributed by atoms with Gasteiger partial charge in [-0.3, -0.25) is 4.79 Å². The molecule has 0 saturated heterocycles. The van der Waals surface area contributed by atoms with Crippen molar-refractivity contribution in [3.8, 4) is 0 Å². The number of carboxylic acids is 1. The zero-order valence-corrected chi connectivity index (χ0v) is 7.88. The molecule has 0 aromatic heterocycles. The number of carbonyl (C=O) groups is 1. The van der Waals surface area contributed by atoms with Crippen molar-refractivity contribution in [3.05, 3.63) is 34.3 Å². The van der Waals surface area contributed by atoms with Gasteiger partial charge in [-0.05, 0) is 30.2 Å². The summed E-state index contributed by atoms with van der Waals surface area (Å²) in [6.45, 7) is 1.78. The number of nitrogens with two attached hydrogens (primary N) is 1. The van der Waals surface area contributed by atoms with Crippen LogP contribution in [0.5, 0.6) is 0 Å². The molecule has 1 aromatic carbocycles. The van der Waals surface area contributed by atoms with Crippen LogP contribution in [-0.4, -0.2) is 11.1 Å². The SMILES string of the molecule is Cc1cc(Cl)ccc1[C@@H](N)C(=O)O. The molecule has 0 aliphatic heterocycles. The third-order valence-corrected chi connectivity index (χ3v) is 2.07. The molecule has 1 rings (SSSR count). The first kappa shape index (κ1) is 10.0. The second-order valence-electron chi connectivity index (χ2n) is 2.82. The van der Waals surface area contributed by atoms with E-state index in [-0.39, 0.29) is 0 Å². The van der Waals surface area contributed by atoms with Crippen LogP contribution in [0.4, 0.5) is 0 Å². The maximum absolute atomic E-state index is 10.6. The summed E-state index contributed by atoms with van der Waals surface area (Å²) in [5.41, 5.74) is 6.83. The van der Waals surface area contributed by atoms with Crippen LogP contribution in [0, 0.1) is 6.92 Å². The minimum Gasteiger partial charge on any atom is -0.480 e. The van der Waals surface area contributed by atoms with Gasteiger partial charge in [0.05, 0.1) is 0 Å². The summed E-state index contributed by atoms with van der Waals surface area (Å²) in [5, 5.41) is 9.25. The van der Waals surface area contributed by atoms with Crippen LogP contribution in [0.1, 0.15) is 17.2 Å². The number of rotatable bonds is 2. The van der Waals surface area contributed by atoms with Gasteiger partial charge < -0.3 is 10.8 Å². The van der Waals surface area contributed by atoms with Crippen LogP contribution in [0.3, 0.4) is 0 Å². The zero-order valence-electron chi connectivity index (χ0n) is 7.12. The molecule has 0 amide bonds. The number of carboxylic acid groups (broad SMARTS) is 1. The second-order valence-corrected chi connectivity index (χ2v) is 3.25. The minimum atomic E-state index is -1.04. The maximum Gasteiger partial charge on any atom is 0.325 e. The van der Waals surface area contributed by atoms with Crippen LogP contribution in [0.25, 0.3) is 0 Å². The third-order valence-electron chi connectivity index (χ3n) is 1.83. The van der Waals surface area contributed by atoms with Crippen molar-refractivity contribution >= 4 is 17.6 Å². The Bertz CT molecular complexity index is 338. The van der Waals surface area contributed by atoms with Gasteiger partial charge in [0.25, 0.3) is 0 Å². The lowest BCUT2D eigenvalue weighted by Gasteiger charge is -2.09. The lowest BCUT2D eigenvalue weighted by Crippen LogP contribution is -2.21. The summed E-state index contributed by atoms with van der Waals surface area (Å²) < 4.78 is 0. The monoisotopic (exact) mass is 199 g/mol. The molecule has 0 fully saturated rings. The lowest BCUT2D eigenvalue weighted by molar-refractivity contribution is -0.138. The Morgan fingerprint density at radius 1 is 1.62 bits per heavy atom. The highest BCUT2D eigenvalue weighted by atomic mass is 35.5. The topological polar surface area (TPSA) is 63.3 Å². The Hall–Kier alpha value is -1.06. The molecule has 3 nitrogen and oxygen atoms in total. The first-order chi connectivity index (χ1) is 6.02. The largest absolute Gasteiger partial charge is 0.480 e. The third kappa shape index (κ3) is 2.20. The van der Waals surface area contributed by atoms with E-state index in [1.54, 1.807) is 25.1 Å². The summed E-state index contributed by atoms with van der Waals surface area (Å²) in [6, 6.07) is 3.99. The Kier molecular flexibility index (Phi) is 2.90. The first-order valence-electron chi connectivity index (χ1n) is 3.77. The van der Waals surface area contributed by atoms with Crippen molar-refractivity contribution in [2.75, 3.05) is 0 Å². The van der Waals surface area contributed by atoms with E-state index in [1.807, 2.05) is 0 Å². The first-order valence-corrected chi connectivity index (χ1v) is 4.14. The van der Waals surface area contributed by atoms with Gasteiger partial charge in [0.1, 0.15) is 6.04 Å². The van der Waals surface area contributed by atoms with E-state index < -0.39 is 12.0 Å². The average molecular weight is 200 g/mol. The number of aryl methyl sites for hydroxylation is 1. The van der Waals surface area contributed by atoms with Gasteiger partial charge in [-0.15, -0.1) is 0 Å². The lowest BCUT2D eigenvalue weighted by atomic mass is 10.0. The minimum absolute atomic E-state index is 0.582. The molecular weight excluding hydrogens is 190 g/mol. The van der Waals surface area contributed by atoms with Crippen LogP contribution in [0.2, 0.25) is 5.02 Å². The van der Waals surface area contributed by atoms with Gasteiger partial charge in [0, 0.05) is 5.02 Å². The molecule has 1 aromatic rings. The summed E-state index contributed by atoms with van der Waals surface area (Å²) in [7, 11) is 0. The zero-order chi connectivity index (χ0) is 10.0. The Balaban J connectivity index is 3.08. The summed E-state index contributed by atoms with van der Waals surface area (Å²) in [4.78, 5) is 10.6.